The quantitative estimate of drug-likeness (QED) is 0.0409. The van der Waals surface area contributed by atoms with Gasteiger partial charge >= 0.3 is 11.9 Å². The summed E-state index contributed by atoms with van der Waals surface area (Å²) < 4.78 is 18.0. The van der Waals surface area contributed by atoms with E-state index in [2.05, 4.69) is 38.2 Å². The first-order valence-electron chi connectivity index (χ1n) is 20.5. The Kier molecular flexibility index (Phi) is 30.1. The molecule has 0 bridgehead atoms. The van der Waals surface area contributed by atoms with Crippen molar-refractivity contribution < 1.29 is 28.9 Å². The van der Waals surface area contributed by atoms with E-state index in [0.717, 1.165) is 25.7 Å². The molecule has 1 saturated heterocycles. The van der Waals surface area contributed by atoms with Gasteiger partial charge in [0.2, 0.25) is 0 Å². The zero-order valence-electron chi connectivity index (χ0n) is 31.5. The van der Waals surface area contributed by atoms with Gasteiger partial charge in [-0.2, -0.15) is 0 Å². The molecule has 0 aromatic heterocycles. The van der Waals surface area contributed by atoms with Gasteiger partial charge in [0, 0.05) is 12.8 Å². The third kappa shape index (κ3) is 27.2. The maximum atomic E-state index is 11.9. The Morgan fingerprint density at radius 2 is 1.00 bits per heavy atom. The predicted molar refractivity (Wildman–Crippen MR) is 200 cm³/mol. The zero-order chi connectivity index (χ0) is 34.8. The summed E-state index contributed by atoms with van der Waals surface area (Å²) in [4.78, 5) is 22.7. The van der Waals surface area contributed by atoms with Gasteiger partial charge < -0.3 is 19.3 Å². The van der Waals surface area contributed by atoms with E-state index in [1.54, 1.807) is 0 Å². The van der Waals surface area contributed by atoms with Crippen molar-refractivity contribution in [2.75, 3.05) is 13.2 Å². The second kappa shape index (κ2) is 32.5. The molecule has 0 saturated carbocycles. The van der Waals surface area contributed by atoms with E-state index in [1.807, 2.05) is 0 Å². The first kappa shape index (κ1) is 44.4. The minimum absolute atomic E-state index is 0.113. The Labute approximate surface area is 296 Å². The van der Waals surface area contributed by atoms with Crippen molar-refractivity contribution in [3.63, 3.8) is 0 Å². The van der Waals surface area contributed by atoms with Gasteiger partial charge in [-0.15, -0.1) is 0 Å². The number of carboxylic acids is 1. The molecule has 6 nitrogen and oxygen atoms in total. The van der Waals surface area contributed by atoms with Gasteiger partial charge in [-0.05, 0) is 64.2 Å². The molecule has 0 aliphatic carbocycles. The van der Waals surface area contributed by atoms with Gasteiger partial charge in [-0.3, -0.25) is 9.59 Å². The summed E-state index contributed by atoms with van der Waals surface area (Å²) in [5.41, 5.74) is 0. The van der Waals surface area contributed by atoms with E-state index >= 15 is 0 Å². The molecule has 1 aliphatic rings. The van der Waals surface area contributed by atoms with Gasteiger partial charge in [-0.1, -0.05) is 141 Å². The van der Waals surface area contributed by atoms with Crippen LogP contribution < -0.4 is 0 Å². The lowest BCUT2D eigenvalue weighted by molar-refractivity contribution is -0.186. The molecule has 0 amide bonds. The lowest BCUT2D eigenvalue weighted by atomic mass is 9.99. The largest absolute Gasteiger partial charge is 0.481 e. The number of carbonyl (C=O) groups is 2. The van der Waals surface area contributed by atoms with Crippen LogP contribution in [0.1, 0.15) is 206 Å². The van der Waals surface area contributed by atoms with Gasteiger partial charge in [0.25, 0.3) is 0 Å². The number of rotatable bonds is 35. The zero-order valence-corrected chi connectivity index (χ0v) is 31.5. The molecular formula is C42H76O6. The summed E-state index contributed by atoms with van der Waals surface area (Å²) in [5, 5.41) is 8.81. The number of aliphatic carboxylic acids is 1. The number of allylic oxidation sites excluding steroid dienone is 4. The van der Waals surface area contributed by atoms with Crippen LogP contribution in [0.4, 0.5) is 0 Å². The highest BCUT2D eigenvalue weighted by atomic mass is 16.8. The van der Waals surface area contributed by atoms with Crippen molar-refractivity contribution in [3.05, 3.63) is 24.3 Å². The predicted octanol–water partition coefficient (Wildman–Crippen LogP) is 12.6. The molecule has 1 unspecified atom stereocenters. The molecule has 280 valence electrons. The molecule has 1 atom stereocenters. The SMILES string of the molecule is CCCCCCCC/C=C\CCCCCCCC1(CCCCCCC/C=C\CCCCCCCC)OCC(COC(=O)CCC(=O)O)O1. The van der Waals surface area contributed by atoms with Crippen LogP contribution in [0, 0.1) is 0 Å². The molecule has 48 heavy (non-hydrogen) atoms. The van der Waals surface area contributed by atoms with Crippen LogP contribution in [-0.2, 0) is 23.8 Å². The third-order valence-electron chi connectivity index (χ3n) is 9.53. The topological polar surface area (TPSA) is 82.1 Å². The molecule has 6 heteroatoms. The fourth-order valence-corrected chi connectivity index (χ4v) is 6.48. The van der Waals surface area contributed by atoms with Crippen LogP contribution in [0.25, 0.3) is 0 Å². The summed E-state index contributed by atoms with van der Waals surface area (Å²) in [6.45, 7) is 5.08. The number of carboxylic acid groups (broad SMARTS) is 1. The van der Waals surface area contributed by atoms with Crippen LogP contribution in [0.2, 0.25) is 0 Å². The lowest BCUT2D eigenvalue weighted by Crippen LogP contribution is -2.32. The molecule has 1 fully saturated rings. The lowest BCUT2D eigenvalue weighted by Gasteiger charge is -2.28. The minimum atomic E-state index is -0.994. The normalized spacial score (nSPS) is 16.0. The Morgan fingerprint density at radius 3 is 1.42 bits per heavy atom. The molecule has 1 aliphatic heterocycles. The fourth-order valence-electron chi connectivity index (χ4n) is 6.48. The Hall–Kier alpha value is -1.66. The molecule has 0 spiro atoms. The molecule has 0 radical (unpaired) electrons. The maximum Gasteiger partial charge on any atom is 0.306 e. The summed E-state index contributed by atoms with van der Waals surface area (Å²) >= 11 is 0. The van der Waals surface area contributed by atoms with E-state index in [0.29, 0.717) is 6.61 Å². The first-order valence-corrected chi connectivity index (χ1v) is 20.5. The first-order chi connectivity index (χ1) is 23.5. The highest BCUT2D eigenvalue weighted by Crippen LogP contribution is 2.35. The van der Waals surface area contributed by atoms with E-state index in [4.69, 9.17) is 19.3 Å². The van der Waals surface area contributed by atoms with Crippen LogP contribution in [0.15, 0.2) is 24.3 Å². The highest BCUT2D eigenvalue weighted by Gasteiger charge is 2.41. The Bertz CT molecular complexity index is 766. The van der Waals surface area contributed by atoms with Crippen molar-refractivity contribution in [1.82, 2.24) is 0 Å². The smallest absolute Gasteiger partial charge is 0.306 e. The summed E-state index contributed by atoms with van der Waals surface area (Å²) in [5.74, 6) is -2.07. The van der Waals surface area contributed by atoms with Gasteiger partial charge in [0.1, 0.15) is 12.7 Å². The molecule has 0 aromatic carbocycles. The second-order valence-electron chi connectivity index (χ2n) is 14.2. The summed E-state index contributed by atoms with van der Waals surface area (Å²) in [7, 11) is 0. The summed E-state index contributed by atoms with van der Waals surface area (Å²) in [6, 6.07) is 0. The van der Waals surface area contributed by atoms with E-state index in [9.17, 15) is 9.59 Å². The van der Waals surface area contributed by atoms with Gasteiger partial charge in [-0.25, -0.2) is 0 Å². The van der Waals surface area contributed by atoms with Crippen molar-refractivity contribution in [2.45, 2.75) is 218 Å². The number of carbonyl (C=O) groups excluding carboxylic acids is 1. The van der Waals surface area contributed by atoms with E-state index < -0.39 is 17.7 Å². The van der Waals surface area contributed by atoms with Gasteiger partial charge in [0.15, 0.2) is 5.79 Å². The average Bonchev–Trinajstić information content (AvgIpc) is 3.49. The molecule has 1 heterocycles. The number of unbranched alkanes of at least 4 members (excludes halogenated alkanes) is 22. The second-order valence-corrected chi connectivity index (χ2v) is 14.2. The van der Waals surface area contributed by atoms with E-state index in [-0.39, 0.29) is 25.6 Å². The van der Waals surface area contributed by atoms with E-state index in [1.165, 1.54) is 154 Å². The third-order valence-corrected chi connectivity index (χ3v) is 9.53. The van der Waals surface area contributed by atoms with Crippen molar-refractivity contribution in [3.8, 4) is 0 Å². The monoisotopic (exact) mass is 677 g/mol. The number of ether oxygens (including phenoxy) is 3. The van der Waals surface area contributed by atoms with Crippen molar-refractivity contribution in [2.24, 2.45) is 0 Å². The molecule has 1 N–H and O–H groups in total. The van der Waals surface area contributed by atoms with Crippen molar-refractivity contribution >= 4 is 11.9 Å². The highest BCUT2D eigenvalue weighted by molar-refractivity contribution is 5.76. The van der Waals surface area contributed by atoms with Crippen LogP contribution in [0.3, 0.4) is 0 Å². The summed E-state index contributed by atoms with van der Waals surface area (Å²) in [6.07, 6.45) is 43.9. The average molecular weight is 677 g/mol. The van der Waals surface area contributed by atoms with Crippen LogP contribution >= 0.6 is 0 Å². The van der Waals surface area contributed by atoms with Crippen LogP contribution in [0.5, 0.6) is 0 Å². The maximum absolute atomic E-state index is 11.9. The van der Waals surface area contributed by atoms with Crippen LogP contribution in [-0.4, -0.2) is 42.1 Å². The van der Waals surface area contributed by atoms with Gasteiger partial charge in [0.05, 0.1) is 19.4 Å². The Balaban J connectivity index is 2.27. The molecule has 1 rings (SSSR count). The fraction of sp³-hybridized carbons (Fsp3) is 0.857. The Morgan fingerprint density at radius 1 is 0.604 bits per heavy atom. The molecular weight excluding hydrogens is 600 g/mol. The van der Waals surface area contributed by atoms with Crippen molar-refractivity contribution in [1.29, 1.82) is 0 Å². The standard InChI is InChI=1S/C42H76O6/c1-3-5-7-9-11-13-15-17-19-21-23-25-27-29-31-35-42(47-38-39(48-42)37-46-41(45)34-33-40(43)44)36-32-30-28-26-24-22-20-18-16-14-12-10-8-6-4-2/h17-20,39H,3-16,21-38H2,1-2H3,(H,43,44)/b19-17-,20-18-. The minimum Gasteiger partial charge on any atom is -0.481 e. The number of hydrogen-bond donors (Lipinski definition) is 1. The number of esters is 1. The molecule has 0 aromatic rings. The number of hydrogen-bond acceptors (Lipinski definition) is 5.